The van der Waals surface area contributed by atoms with Crippen LogP contribution in [0.3, 0.4) is 0 Å². The lowest BCUT2D eigenvalue weighted by molar-refractivity contribution is 0.407. The molecule has 0 aromatic heterocycles. The van der Waals surface area contributed by atoms with Crippen LogP contribution in [0.1, 0.15) is 26.7 Å². The van der Waals surface area contributed by atoms with Gasteiger partial charge in [-0.2, -0.15) is 0 Å². The van der Waals surface area contributed by atoms with Gasteiger partial charge in [0.25, 0.3) is 0 Å². The predicted molar refractivity (Wildman–Crippen MR) is 63.8 cm³/mol. The van der Waals surface area contributed by atoms with Crippen LogP contribution in [-0.4, -0.2) is 37.1 Å². The van der Waals surface area contributed by atoms with Gasteiger partial charge in [0.2, 0.25) is 0 Å². The second kappa shape index (κ2) is 4.63. The van der Waals surface area contributed by atoms with E-state index in [2.05, 4.69) is 10.6 Å². The van der Waals surface area contributed by atoms with Crippen molar-refractivity contribution in [3.05, 3.63) is 11.1 Å². The van der Waals surface area contributed by atoms with Crippen molar-refractivity contribution in [3.63, 3.8) is 0 Å². The van der Waals surface area contributed by atoms with Gasteiger partial charge in [-0.1, -0.05) is 0 Å². The number of hydrogen-bond acceptors (Lipinski definition) is 3. The van der Waals surface area contributed by atoms with Crippen LogP contribution in [0.25, 0.3) is 0 Å². The fourth-order valence-electron chi connectivity index (χ4n) is 2.73. The first-order valence-electron chi connectivity index (χ1n) is 5.98. The van der Waals surface area contributed by atoms with Gasteiger partial charge in [-0.05, 0) is 44.4 Å². The molecule has 0 aromatic rings. The van der Waals surface area contributed by atoms with E-state index in [4.69, 9.17) is 5.41 Å². The summed E-state index contributed by atoms with van der Waals surface area (Å²) in [6.07, 6.45) is 2.45. The molecule has 2 fully saturated rings. The Morgan fingerprint density at radius 3 is 2.81 bits per heavy atom. The van der Waals surface area contributed by atoms with Gasteiger partial charge in [-0.15, -0.1) is 0 Å². The van der Waals surface area contributed by atoms with Crippen LogP contribution in [0, 0.1) is 5.41 Å². The number of nitrogens with one attached hydrogen (secondary N) is 3. The normalized spacial score (nSPS) is 36.8. The minimum atomic E-state index is -0.966. The first-order valence-corrected chi connectivity index (χ1v) is 5.98. The van der Waals surface area contributed by atoms with Crippen molar-refractivity contribution in [2.24, 2.45) is 0 Å². The standard InChI is InChI=1S/C12H20FN3/c1-7(8(2)13)9(6-14)11-5-12-10(16-11)3-4-15-12/h6,8,10-12,14-16H,3-5H2,1-2H3. The van der Waals surface area contributed by atoms with Crippen LogP contribution < -0.4 is 10.6 Å². The average Bonchev–Trinajstić information content (AvgIpc) is 2.78. The third-order valence-electron chi connectivity index (χ3n) is 3.84. The molecule has 90 valence electrons. The summed E-state index contributed by atoms with van der Waals surface area (Å²) < 4.78 is 13.3. The summed E-state index contributed by atoms with van der Waals surface area (Å²) in [5.41, 5.74) is 1.51. The van der Waals surface area contributed by atoms with E-state index in [1.807, 2.05) is 0 Å². The van der Waals surface area contributed by atoms with Crippen LogP contribution in [0.2, 0.25) is 0 Å². The zero-order valence-electron chi connectivity index (χ0n) is 9.89. The summed E-state index contributed by atoms with van der Waals surface area (Å²) in [7, 11) is 0. The number of rotatable bonds is 3. The highest BCUT2D eigenvalue weighted by Gasteiger charge is 2.38. The van der Waals surface area contributed by atoms with Gasteiger partial charge < -0.3 is 16.0 Å². The molecule has 0 aromatic carbocycles. The molecule has 4 unspecified atom stereocenters. The molecule has 0 amide bonds. The van der Waals surface area contributed by atoms with Crippen LogP contribution in [-0.2, 0) is 0 Å². The molecule has 2 heterocycles. The monoisotopic (exact) mass is 225 g/mol. The molecule has 0 spiro atoms. The van der Waals surface area contributed by atoms with Gasteiger partial charge in [0.15, 0.2) is 0 Å². The van der Waals surface area contributed by atoms with E-state index in [-0.39, 0.29) is 6.04 Å². The van der Waals surface area contributed by atoms with E-state index in [0.29, 0.717) is 17.7 Å². The lowest BCUT2D eigenvalue weighted by atomic mass is 9.98. The van der Waals surface area contributed by atoms with Crippen molar-refractivity contribution in [2.75, 3.05) is 6.54 Å². The largest absolute Gasteiger partial charge is 0.312 e. The highest BCUT2D eigenvalue weighted by Crippen LogP contribution is 2.26. The summed E-state index contributed by atoms with van der Waals surface area (Å²) >= 11 is 0. The molecule has 0 bridgehead atoms. The Labute approximate surface area is 96.0 Å². The van der Waals surface area contributed by atoms with E-state index in [0.717, 1.165) is 25.0 Å². The van der Waals surface area contributed by atoms with Crippen molar-refractivity contribution < 1.29 is 4.39 Å². The zero-order valence-corrected chi connectivity index (χ0v) is 9.89. The van der Waals surface area contributed by atoms with Gasteiger partial charge in [-0.3, -0.25) is 0 Å². The molecule has 0 saturated carbocycles. The van der Waals surface area contributed by atoms with Gasteiger partial charge in [0.05, 0.1) is 0 Å². The summed E-state index contributed by atoms with van der Waals surface area (Å²) in [6.45, 7) is 4.39. The molecule has 2 aliphatic heterocycles. The molecular weight excluding hydrogens is 205 g/mol. The summed E-state index contributed by atoms with van der Waals surface area (Å²) in [5, 5.41) is 14.4. The predicted octanol–water partition coefficient (Wildman–Crippen LogP) is 1.40. The van der Waals surface area contributed by atoms with Gasteiger partial charge in [-0.25, -0.2) is 4.39 Å². The minimum Gasteiger partial charge on any atom is -0.312 e. The summed E-state index contributed by atoms with van der Waals surface area (Å²) in [6, 6.07) is 1.16. The Balaban J connectivity index is 2.13. The Morgan fingerprint density at radius 2 is 2.25 bits per heavy atom. The average molecular weight is 225 g/mol. The van der Waals surface area contributed by atoms with Crippen LogP contribution in [0.4, 0.5) is 4.39 Å². The molecule has 4 heteroatoms. The van der Waals surface area contributed by atoms with E-state index in [1.165, 1.54) is 13.1 Å². The fraction of sp³-hybridized carbons (Fsp3) is 0.750. The molecule has 4 atom stereocenters. The molecule has 16 heavy (non-hydrogen) atoms. The topological polar surface area (TPSA) is 47.9 Å². The maximum absolute atomic E-state index is 13.3. The van der Waals surface area contributed by atoms with Gasteiger partial charge in [0.1, 0.15) is 6.17 Å². The van der Waals surface area contributed by atoms with Crippen molar-refractivity contribution in [3.8, 4) is 0 Å². The Hall–Kier alpha value is -0.740. The minimum absolute atomic E-state index is 0.151. The molecule has 0 radical (unpaired) electrons. The van der Waals surface area contributed by atoms with Crippen LogP contribution in [0.15, 0.2) is 11.1 Å². The van der Waals surface area contributed by atoms with Crippen LogP contribution in [0.5, 0.6) is 0 Å². The van der Waals surface area contributed by atoms with E-state index < -0.39 is 6.17 Å². The van der Waals surface area contributed by atoms with Gasteiger partial charge >= 0.3 is 0 Å². The van der Waals surface area contributed by atoms with E-state index >= 15 is 0 Å². The van der Waals surface area contributed by atoms with Crippen LogP contribution >= 0.6 is 0 Å². The summed E-state index contributed by atoms with van der Waals surface area (Å²) in [5.74, 6) is 0. The lowest BCUT2D eigenvalue weighted by Gasteiger charge is -2.17. The maximum atomic E-state index is 13.3. The molecule has 0 aliphatic carbocycles. The maximum Gasteiger partial charge on any atom is 0.119 e. The third kappa shape index (κ3) is 2.04. The molecule has 2 rings (SSSR count). The quantitative estimate of drug-likeness (QED) is 0.636. The highest BCUT2D eigenvalue weighted by molar-refractivity contribution is 5.79. The number of hydrogen-bond donors (Lipinski definition) is 3. The lowest BCUT2D eigenvalue weighted by Crippen LogP contribution is -2.33. The number of alkyl halides is 1. The fourth-order valence-corrected chi connectivity index (χ4v) is 2.73. The molecule has 2 aliphatic rings. The Morgan fingerprint density at radius 1 is 1.50 bits per heavy atom. The van der Waals surface area contributed by atoms with E-state index in [1.54, 1.807) is 6.92 Å². The molecule has 3 nitrogen and oxygen atoms in total. The van der Waals surface area contributed by atoms with E-state index in [9.17, 15) is 4.39 Å². The van der Waals surface area contributed by atoms with Crippen molar-refractivity contribution >= 4 is 6.21 Å². The van der Waals surface area contributed by atoms with Crippen molar-refractivity contribution in [1.82, 2.24) is 10.6 Å². The first kappa shape index (κ1) is 11.7. The third-order valence-corrected chi connectivity index (χ3v) is 3.84. The summed E-state index contributed by atoms with van der Waals surface area (Å²) in [4.78, 5) is 0. The Kier molecular flexibility index (Phi) is 3.40. The Bertz CT molecular complexity index is 299. The smallest absolute Gasteiger partial charge is 0.119 e. The van der Waals surface area contributed by atoms with Crippen molar-refractivity contribution in [2.45, 2.75) is 51.0 Å². The molecule has 2 saturated heterocycles. The highest BCUT2D eigenvalue weighted by atomic mass is 19.1. The number of allylic oxidation sites excluding steroid dienone is 1. The number of fused-ring (bicyclic) bond motifs is 1. The van der Waals surface area contributed by atoms with Gasteiger partial charge in [0, 0.05) is 24.3 Å². The zero-order chi connectivity index (χ0) is 11.7. The molecular formula is C12H20FN3. The first-order chi connectivity index (χ1) is 7.63. The SMILES string of the molecule is CC(=C(C=N)C1CC2NCCC2N1)C(C)F. The second-order valence-electron chi connectivity index (χ2n) is 4.81. The molecule has 3 N–H and O–H groups in total. The number of halogens is 1. The second-order valence-corrected chi connectivity index (χ2v) is 4.81. The van der Waals surface area contributed by atoms with Crippen molar-refractivity contribution in [1.29, 1.82) is 5.41 Å².